The molecule has 1 aromatic heterocycles. The number of nitrogens with two attached hydrogens (primary N) is 1. The number of thiophene rings is 1. The van der Waals surface area contributed by atoms with E-state index in [-0.39, 0.29) is 0 Å². The second kappa shape index (κ2) is 5.59. The van der Waals surface area contributed by atoms with E-state index in [1.54, 1.807) is 0 Å². The van der Waals surface area contributed by atoms with Gasteiger partial charge in [0.1, 0.15) is 0 Å². The average Bonchev–Trinajstić information content (AvgIpc) is 2.81. The lowest BCUT2D eigenvalue weighted by atomic mass is 10.2. The molecule has 2 heterocycles. The number of aryl methyl sites for hydroxylation is 1. The summed E-state index contributed by atoms with van der Waals surface area (Å²) in [5, 5.41) is 0. The highest BCUT2D eigenvalue weighted by Gasteiger charge is 2.28. The number of nitrogens with zero attached hydrogens (tertiary/aromatic N) is 3. The van der Waals surface area contributed by atoms with Gasteiger partial charge in [0.25, 0.3) is 0 Å². The zero-order chi connectivity index (χ0) is 13.3. The van der Waals surface area contributed by atoms with E-state index in [4.69, 9.17) is 5.73 Å². The van der Waals surface area contributed by atoms with Crippen molar-refractivity contribution in [2.45, 2.75) is 13.0 Å². The molecule has 2 rings (SSSR count). The molecule has 0 saturated heterocycles. The topological polar surface area (TPSA) is 44.9 Å². The van der Waals surface area contributed by atoms with Crippen LogP contribution in [0.3, 0.4) is 0 Å². The smallest absolute Gasteiger partial charge is 0.191 e. The molecule has 1 aromatic rings. The fourth-order valence-corrected chi connectivity index (χ4v) is 3.66. The summed E-state index contributed by atoms with van der Waals surface area (Å²) in [5.41, 5.74) is 5.99. The third kappa shape index (κ3) is 2.87. The van der Waals surface area contributed by atoms with E-state index in [0.717, 1.165) is 19.6 Å². The summed E-state index contributed by atoms with van der Waals surface area (Å²) in [6, 6.07) is 2.50. The number of rotatable bonds is 4. The van der Waals surface area contributed by atoms with Gasteiger partial charge in [-0.1, -0.05) is 0 Å². The van der Waals surface area contributed by atoms with Gasteiger partial charge in [-0.25, -0.2) is 0 Å². The molecular formula is C12H19BrN4S. The lowest BCUT2D eigenvalue weighted by Crippen LogP contribution is -2.40. The predicted octanol–water partition coefficient (Wildman–Crippen LogP) is 2.05. The zero-order valence-electron chi connectivity index (χ0n) is 11.0. The largest absolute Gasteiger partial charge is 0.370 e. The van der Waals surface area contributed by atoms with Gasteiger partial charge in [0, 0.05) is 27.3 Å². The number of hydrogen-bond donors (Lipinski definition) is 1. The lowest BCUT2D eigenvalue weighted by molar-refractivity contribution is 0.295. The van der Waals surface area contributed by atoms with Gasteiger partial charge in [-0.15, -0.1) is 11.3 Å². The van der Waals surface area contributed by atoms with E-state index < -0.39 is 0 Å². The minimum atomic E-state index is 0.306. The van der Waals surface area contributed by atoms with Crippen molar-refractivity contribution in [2.75, 3.05) is 33.7 Å². The van der Waals surface area contributed by atoms with Gasteiger partial charge in [0.15, 0.2) is 5.96 Å². The molecule has 6 heteroatoms. The second-order valence-electron chi connectivity index (χ2n) is 4.76. The number of guanidine groups is 1. The molecule has 18 heavy (non-hydrogen) atoms. The summed E-state index contributed by atoms with van der Waals surface area (Å²) >= 11 is 5.40. The molecule has 0 aromatic carbocycles. The Balaban J connectivity index is 2.12. The summed E-state index contributed by atoms with van der Waals surface area (Å²) in [6.07, 6.45) is 0. The Bertz CT molecular complexity index is 435. The fourth-order valence-electron chi connectivity index (χ4n) is 2.00. The van der Waals surface area contributed by atoms with Gasteiger partial charge in [0.2, 0.25) is 0 Å². The highest BCUT2D eigenvalue weighted by Crippen LogP contribution is 2.35. The van der Waals surface area contributed by atoms with E-state index in [0.29, 0.717) is 12.0 Å². The minimum absolute atomic E-state index is 0.306. The first-order valence-corrected chi connectivity index (χ1v) is 7.57. The van der Waals surface area contributed by atoms with Gasteiger partial charge in [-0.2, -0.15) is 0 Å². The highest BCUT2D eigenvalue weighted by atomic mass is 79.9. The van der Waals surface area contributed by atoms with Crippen LogP contribution >= 0.6 is 27.3 Å². The van der Waals surface area contributed by atoms with Crippen molar-refractivity contribution in [3.8, 4) is 0 Å². The van der Waals surface area contributed by atoms with Crippen molar-refractivity contribution >= 4 is 33.2 Å². The van der Waals surface area contributed by atoms with Crippen LogP contribution in [0.5, 0.6) is 0 Å². The van der Waals surface area contributed by atoms with E-state index in [2.05, 4.69) is 57.8 Å². The maximum Gasteiger partial charge on any atom is 0.191 e. The maximum absolute atomic E-state index is 5.99. The maximum atomic E-state index is 5.99. The fraction of sp³-hybridized carbons (Fsp3) is 0.583. The Kier molecular flexibility index (Phi) is 4.29. The van der Waals surface area contributed by atoms with Crippen molar-refractivity contribution < 1.29 is 0 Å². The Morgan fingerprint density at radius 2 is 2.33 bits per heavy atom. The zero-order valence-corrected chi connectivity index (χ0v) is 13.4. The van der Waals surface area contributed by atoms with E-state index >= 15 is 0 Å². The molecule has 0 bridgehead atoms. The summed E-state index contributed by atoms with van der Waals surface area (Å²) in [5.74, 6) is 0.670. The van der Waals surface area contributed by atoms with Crippen LogP contribution in [0.25, 0.3) is 0 Å². The molecule has 1 aliphatic rings. The van der Waals surface area contributed by atoms with Crippen molar-refractivity contribution in [1.82, 2.24) is 9.80 Å². The third-order valence-corrected chi connectivity index (χ3v) is 5.33. The van der Waals surface area contributed by atoms with Gasteiger partial charge < -0.3 is 15.5 Å². The second-order valence-corrected chi connectivity index (χ2v) is 6.91. The summed E-state index contributed by atoms with van der Waals surface area (Å²) in [7, 11) is 4.15. The van der Waals surface area contributed by atoms with E-state index in [1.807, 2.05) is 11.3 Å². The highest BCUT2D eigenvalue weighted by molar-refractivity contribution is 9.10. The molecule has 1 atom stereocenters. The Morgan fingerprint density at radius 3 is 2.89 bits per heavy atom. The van der Waals surface area contributed by atoms with Crippen LogP contribution in [-0.4, -0.2) is 49.5 Å². The third-order valence-electron chi connectivity index (χ3n) is 3.09. The van der Waals surface area contributed by atoms with Crippen LogP contribution in [0, 0.1) is 6.92 Å². The number of halogens is 1. The molecule has 0 saturated carbocycles. The molecule has 0 radical (unpaired) electrons. The van der Waals surface area contributed by atoms with E-state index in [9.17, 15) is 0 Å². The number of hydrogen-bond acceptors (Lipinski definition) is 5. The summed E-state index contributed by atoms with van der Waals surface area (Å²) in [6.45, 7) is 4.80. The van der Waals surface area contributed by atoms with Crippen LogP contribution in [0.1, 0.15) is 15.8 Å². The van der Waals surface area contributed by atoms with Crippen LogP contribution in [-0.2, 0) is 0 Å². The molecule has 0 amide bonds. The molecule has 2 N–H and O–H groups in total. The van der Waals surface area contributed by atoms with Crippen LogP contribution in [0.15, 0.2) is 15.5 Å². The Morgan fingerprint density at radius 1 is 1.61 bits per heavy atom. The molecule has 0 aliphatic carbocycles. The molecule has 1 unspecified atom stereocenters. The average molecular weight is 331 g/mol. The first-order chi connectivity index (χ1) is 8.49. The molecular weight excluding hydrogens is 312 g/mol. The van der Waals surface area contributed by atoms with Gasteiger partial charge in [-0.3, -0.25) is 4.99 Å². The standard InChI is InChI=1S/C12H19BrN4S/c1-8-9(13)6-11(18-8)10-7-15-12(14)17(10)5-4-16(2)3/h6,10H,4-5,7H2,1-3H3,(H2,14,15). The van der Waals surface area contributed by atoms with Crippen molar-refractivity contribution in [2.24, 2.45) is 10.7 Å². The molecule has 1 aliphatic heterocycles. The number of likely N-dealkylation sites (N-methyl/N-ethyl adjacent to an activating group) is 1. The monoisotopic (exact) mass is 330 g/mol. The lowest BCUT2D eigenvalue weighted by Gasteiger charge is -2.26. The van der Waals surface area contributed by atoms with Crippen molar-refractivity contribution in [3.05, 3.63) is 20.3 Å². The van der Waals surface area contributed by atoms with Crippen molar-refractivity contribution in [3.63, 3.8) is 0 Å². The first kappa shape index (κ1) is 13.8. The van der Waals surface area contributed by atoms with Crippen molar-refractivity contribution in [1.29, 1.82) is 0 Å². The first-order valence-electron chi connectivity index (χ1n) is 5.96. The predicted molar refractivity (Wildman–Crippen MR) is 81.2 cm³/mol. The van der Waals surface area contributed by atoms with Gasteiger partial charge >= 0.3 is 0 Å². The Labute approximate surface area is 121 Å². The molecule has 0 fully saturated rings. The Hall–Kier alpha value is -0.590. The molecule has 0 spiro atoms. The summed E-state index contributed by atoms with van der Waals surface area (Å²) in [4.78, 5) is 11.4. The SMILES string of the molecule is Cc1sc(C2CN=C(N)N2CCN(C)C)cc1Br. The minimum Gasteiger partial charge on any atom is -0.370 e. The van der Waals surface area contributed by atoms with Crippen LogP contribution < -0.4 is 5.73 Å². The summed E-state index contributed by atoms with van der Waals surface area (Å²) < 4.78 is 1.18. The van der Waals surface area contributed by atoms with Crippen LogP contribution in [0.2, 0.25) is 0 Å². The quantitative estimate of drug-likeness (QED) is 0.918. The van der Waals surface area contributed by atoms with Crippen LogP contribution in [0.4, 0.5) is 0 Å². The molecule has 4 nitrogen and oxygen atoms in total. The van der Waals surface area contributed by atoms with Gasteiger partial charge in [-0.05, 0) is 43.0 Å². The van der Waals surface area contributed by atoms with E-state index in [1.165, 1.54) is 14.2 Å². The molecule has 100 valence electrons. The normalized spacial score (nSPS) is 19.7. The number of aliphatic imine (C=N–C) groups is 1. The van der Waals surface area contributed by atoms with Gasteiger partial charge in [0.05, 0.1) is 12.6 Å².